The Balaban J connectivity index is 1.37. The molecule has 8 nitrogen and oxygen atoms in total. The number of carbonyl (C=O) groups excluding carboxylic acids is 1. The smallest absolute Gasteiger partial charge is 0.230 e. The van der Waals surface area contributed by atoms with Gasteiger partial charge in [-0.2, -0.15) is 4.52 Å². The number of nitrogens with one attached hydrogen (secondary N) is 1. The maximum absolute atomic E-state index is 14.3. The minimum absolute atomic E-state index is 0.0676. The minimum atomic E-state index is -0.384. The number of hydrogen-bond acceptors (Lipinski definition) is 6. The third-order valence-corrected chi connectivity index (χ3v) is 5.93. The number of anilines is 2. The van der Waals surface area contributed by atoms with Gasteiger partial charge in [-0.25, -0.2) is 9.37 Å². The van der Waals surface area contributed by atoms with E-state index in [2.05, 4.69) is 46.4 Å². The zero-order chi connectivity index (χ0) is 22.1. The molecule has 1 aliphatic heterocycles. The molecule has 1 fully saturated rings. The van der Waals surface area contributed by atoms with E-state index in [0.717, 1.165) is 23.9 Å². The van der Waals surface area contributed by atoms with Gasteiger partial charge in [-0.3, -0.25) is 4.79 Å². The van der Waals surface area contributed by atoms with Crippen molar-refractivity contribution in [2.45, 2.75) is 12.8 Å². The molecular formula is C22H19BrFN7O. The van der Waals surface area contributed by atoms with E-state index < -0.39 is 0 Å². The number of halogens is 2. The van der Waals surface area contributed by atoms with Crippen molar-refractivity contribution < 1.29 is 9.18 Å². The van der Waals surface area contributed by atoms with Crippen molar-refractivity contribution >= 4 is 39.1 Å². The highest BCUT2D eigenvalue weighted by molar-refractivity contribution is 9.10. The van der Waals surface area contributed by atoms with Crippen molar-refractivity contribution in [1.29, 1.82) is 0 Å². The number of carbonyl (C=O) groups is 1. The lowest BCUT2D eigenvalue weighted by molar-refractivity contribution is -0.120. The second kappa shape index (κ2) is 8.62. The first-order chi connectivity index (χ1) is 15.6. The Morgan fingerprint density at radius 3 is 2.81 bits per heavy atom. The number of amides is 1. The van der Waals surface area contributed by atoms with E-state index in [1.807, 2.05) is 12.1 Å². The van der Waals surface area contributed by atoms with Crippen molar-refractivity contribution in [2.75, 3.05) is 23.3 Å². The van der Waals surface area contributed by atoms with Gasteiger partial charge in [-0.15, -0.1) is 15.3 Å². The summed E-state index contributed by atoms with van der Waals surface area (Å²) in [6, 6.07) is 13.7. The van der Waals surface area contributed by atoms with Crippen molar-refractivity contribution in [1.82, 2.24) is 24.8 Å². The molecule has 0 bridgehead atoms. The van der Waals surface area contributed by atoms with Crippen LogP contribution in [0.2, 0.25) is 0 Å². The molecule has 4 heterocycles. The SMILES string of the molecule is O=C(Nc1ccc(Br)cn1)C1CCCN(c2ccc3nnc(-c4ccccc4F)n3n2)C1. The summed E-state index contributed by atoms with van der Waals surface area (Å²) in [4.78, 5) is 19.1. The lowest BCUT2D eigenvalue weighted by atomic mass is 9.97. The number of aromatic nitrogens is 5. The number of pyridine rings is 1. The Bertz CT molecular complexity index is 1280. The normalized spacial score (nSPS) is 16.3. The molecule has 1 aromatic carbocycles. The van der Waals surface area contributed by atoms with Crippen LogP contribution in [0.1, 0.15) is 12.8 Å². The van der Waals surface area contributed by atoms with Crippen LogP contribution in [0.3, 0.4) is 0 Å². The van der Waals surface area contributed by atoms with Crippen molar-refractivity contribution in [3.8, 4) is 11.4 Å². The van der Waals surface area contributed by atoms with Gasteiger partial charge in [0.2, 0.25) is 5.91 Å². The summed E-state index contributed by atoms with van der Waals surface area (Å²) in [5.74, 6) is 0.904. The van der Waals surface area contributed by atoms with Gasteiger partial charge < -0.3 is 10.2 Å². The van der Waals surface area contributed by atoms with Crippen molar-refractivity contribution in [2.24, 2.45) is 5.92 Å². The van der Waals surface area contributed by atoms with Crippen LogP contribution < -0.4 is 10.2 Å². The molecule has 162 valence electrons. The third kappa shape index (κ3) is 4.05. The fourth-order valence-electron chi connectivity index (χ4n) is 3.84. The number of piperidine rings is 1. The Kier molecular flexibility index (Phi) is 5.52. The van der Waals surface area contributed by atoms with Gasteiger partial charge >= 0.3 is 0 Å². The standard InChI is InChI=1S/C22H19BrFN7O/c23-15-7-8-18(25-12-15)26-22(32)14-4-3-11-30(13-14)20-10-9-19-27-28-21(31(19)29-20)16-5-1-2-6-17(16)24/h1-2,5-10,12,14H,3-4,11,13H2,(H,25,26,32). The molecule has 1 saturated heterocycles. The van der Waals surface area contributed by atoms with Crippen LogP contribution in [0, 0.1) is 11.7 Å². The number of rotatable bonds is 4. The van der Waals surface area contributed by atoms with Gasteiger partial charge in [-0.1, -0.05) is 12.1 Å². The van der Waals surface area contributed by atoms with E-state index in [0.29, 0.717) is 35.2 Å². The monoisotopic (exact) mass is 495 g/mol. The highest BCUT2D eigenvalue weighted by Crippen LogP contribution is 2.25. The summed E-state index contributed by atoms with van der Waals surface area (Å²) in [5.41, 5.74) is 0.863. The topological polar surface area (TPSA) is 88.3 Å². The number of hydrogen-bond donors (Lipinski definition) is 1. The Labute approximate surface area is 191 Å². The number of nitrogens with zero attached hydrogens (tertiary/aromatic N) is 6. The molecule has 4 aromatic rings. The average molecular weight is 496 g/mol. The van der Waals surface area contributed by atoms with Crippen molar-refractivity contribution in [3.05, 3.63) is 65.0 Å². The molecule has 32 heavy (non-hydrogen) atoms. The van der Waals surface area contributed by atoms with Crippen LogP contribution in [0.25, 0.3) is 17.0 Å². The lowest BCUT2D eigenvalue weighted by Crippen LogP contribution is -2.41. The average Bonchev–Trinajstić information content (AvgIpc) is 3.24. The second-order valence-electron chi connectivity index (χ2n) is 7.60. The molecule has 0 saturated carbocycles. The molecule has 1 amide bonds. The van der Waals surface area contributed by atoms with Gasteiger partial charge in [-0.05, 0) is 65.2 Å². The first-order valence-electron chi connectivity index (χ1n) is 10.2. The summed E-state index contributed by atoms with van der Waals surface area (Å²) >= 11 is 3.34. The van der Waals surface area contributed by atoms with Crippen LogP contribution in [-0.4, -0.2) is 43.8 Å². The first-order valence-corrected chi connectivity index (χ1v) is 11.0. The predicted molar refractivity (Wildman–Crippen MR) is 122 cm³/mol. The lowest BCUT2D eigenvalue weighted by Gasteiger charge is -2.32. The van der Waals surface area contributed by atoms with Crippen LogP contribution >= 0.6 is 15.9 Å². The highest BCUT2D eigenvalue weighted by Gasteiger charge is 2.27. The van der Waals surface area contributed by atoms with E-state index in [-0.39, 0.29) is 17.6 Å². The largest absolute Gasteiger partial charge is 0.354 e. The number of benzene rings is 1. The first kappa shape index (κ1) is 20.5. The molecule has 0 spiro atoms. The summed E-state index contributed by atoms with van der Waals surface area (Å²) < 4.78 is 16.7. The van der Waals surface area contributed by atoms with E-state index >= 15 is 0 Å². The molecule has 0 aliphatic carbocycles. The molecule has 1 atom stereocenters. The van der Waals surface area contributed by atoms with E-state index in [4.69, 9.17) is 0 Å². The Morgan fingerprint density at radius 1 is 1.12 bits per heavy atom. The van der Waals surface area contributed by atoms with Crippen LogP contribution in [0.5, 0.6) is 0 Å². The zero-order valence-electron chi connectivity index (χ0n) is 16.9. The molecule has 1 aliphatic rings. The molecule has 1 unspecified atom stereocenters. The summed E-state index contributed by atoms with van der Waals surface area (Å²) in [6.07, 6.45) is 3.29. The summed E-state index contributed by atoms with van der Waals surface area (Å²) in [5, 5.41) is 15.8. The molecular weight excluding hydrogens is 477 g/mol. The zero-order valence-corrected chi connectivity index (χ0v) is 18.5. The fraction of sp³-hybridized carbons (Fsp3) is 0.227. The Morgan fingerprint density at radius 2 is 2.00 bits per heavy atom. The fourth-order valence-corrected chi connectivity index (χ4v) is 4.07. The molecule has 5 rings (SSSR count). The predicted octanol–water partition coefficient (Wildman–Crippen LogP) is 3.94. The third-order valence-electron chi connectivity index (χ3n) is 5.46. The molecule has 10 heteroatoms. The minimum Gasteiger partial charge on any atom is -0.354 e. The van der Waals surface area contributed by atoms with Crippen molar-refractivity contribution in [3.63, 3.8) is 0 Å². The summed E-state index contributed by atoms with van der Waals surface area (Å²) in [6.45, 7) is 1.30. The van der Waals surface area contributed by atoms with Crippen LogP contribution in [0.4, 0.5) is 16.0 Å². The van der Waals surface area contributed by atoms with Gasteiger partial charge in [0.1, 0.15) is 17.5 Å². The number of fused-ring (bicyclic) bond motifs is 1. The van der Waals surface area contributed by atoms with E-state index in [9.17, 15) is 9.18 Å². The molecule has 1 N–H and O–H groups in total. The maximum atomic E-state index is 14.3. The molecule has 3 aromatic heterocycles. The van der Waals surface area contributed by atoms with E-state index in [1.165, 1.54) is 6.07 Å². The van der Waals surface area contributed by atoms with Gasteiger partial charge in [0.15, 0.2) is 11.5 Å². The van der Waals surface area contributed by atoms with Crippen LogP contribution in [-0.2, 0) is 4.79 Å². The highest BCUT2D eigenvalue weighted by atomic mass is 79.9. The quantitative estimate of drug-likeness (QED) is 0.461. The summed E-state index contributed by atoms with van der Waals surface area (Å²) in [7, 11) is 0. The second-order valence-corrected chi connectivity index (χ2v) is 8.52. The van der Waals surface area contributed by atoms with E-state index in [1.54, 1.807) is 41.0 Å². The van der Waals surface area contributed by atoms with Crippen LogP contribution in [0.15, 0.2) is 59.2 Å². The van der Waals surface area contributed by atoms with Gasteiger partial charge in [0.05, 0.1) is 11.5 Å². The Hall–Kier alpha value is -3.40. The van der Waals surface area contributed by atoms with Gasteiger partial charge in [0.25, 0.3) is 0 Å². The molecule has 0 radical (unpaired) electrons. The van der Waals surface area contributed by atoms with Gasteiger partial charge in [0, 0.05) is 23.8 Å². The maximum Gasteiger partial charge on any atom is 0.230 e.